The summed E-state index contributed by atoms with van der Waals surface area (Å²) in [4.78, 5) is 15.6. The van der Waals surface area contributed by atoms with Crippen LogP contribution in [-0.2, 0) is 11.2 Å². The number of piperidine rings is 3. The van der Waals surface area contributed by atoms with Crippen molar-refractivity contribution in [2.45, 2.75) is 51.1 Å². The monoisotopic (exact) mass is 372 g/mol. The first-order valence-electron chi connectivity index (χ1n) is 10.0. The Kier molecular flexibility index (Phi) is 4.41. The molecule has 0 aromatic heterocycles. The van der Waals surface area contributed by atoms with Gasteiger partial charge in [-0.1, -0.05) is 6.07 Å². The van der Waals surface area contributed by atoms with Gasteiger partial charge in [0.2, 0.25) is 5.91 Å². The predicted molar refractivity (Wildman–Crippen MR) is 105 cm³/mol. The molecule has 1 aromatic rings. The van der Waals surface area contributed by atoms with Gasteiger partial charge in [-0.25, -0.2) is 0 Å². The van der Waals surface area contributed by atoms with Crippen molar-refractivity contribution in [1.82, 2.24) is 10.2 Å². The highest BCUT2D eigenvalue weighted by Crippen LogP contribution is 2.55. The summed E-state index contributed by atoms with van der Waals surface area (Å²) in [6.07, 6.45) is 2.78. The SMILES string of the molecule is COc1ccc(CC(=O)NC2(C)C3CC4CC2CN(C3)C4(C)C)c(OC)c1. The van der Waals surface area contributed by atoms with Gasteiger partial charge in [0, 0.05) is 35.8 Å². The fourth-order valence-corrected chi connectivity index (χ4v) is 5.77. The Hall–Kier alpha value is -1.75. The zero-order valence-corrected chi connectivity index (χ0v) is 17.2. The average Bonchev–Trinajstić information content (AvgIpc) is 2.60. The highest BCUT2D eigenvalue weighted by molar-refractivity contribution is 5.80. The van der Waals surface area contributed by atoms with Crippen LogP contribution in [0.5, 0.6) is 11.5 Å². The molecule has 4 aliphatic rings. The molecule has 0 spiro atoms. The summed E-state index contributed by atoms with van der Waals surface area (Å²) >= 11 is 0. The number of hydrogen-bond donors (Lipinski definition) is 1. The van der Waals surface area contributed by atoms with E-state index in [1.165, 1.54) is 12.8 Å². The van der Waals surface area contributed by atoms with Crippen molar-refractivity contribution in [2.24, 2.45) is 17.8 Å². The van der Waals surface area contributed by atoms with Gasteiger partial charge in [0.15, 0.2) is 0 Å². The number of methoxy groups -OCH3 is 2. The molecule has 148 valence electrons. The third-order valence-corrected chi connectivity index (χ3v) is 7.78. The molecule has 0 radical (unpaired) electrons. The van der Waals surface area contributed by atoms with E-state index < -0.39 is 0 Å². The summed E-state index contributed by atoms with van der Waals surface area (Å²) in [6, 6.07) is 5.64. The van der Waals surface area contributed by atoms with Crippen LogP contribution in [0.1, 0.15) is 39.2 Å². The van der Waals surface area contributed by atoms with E-state index in [0.717, 1.165) is 30.3 Å². The summed E-state index contributed by atoms with van der Waals surface area (Å²) in [5.41, 5.74) is 1.11. The number of ether oxygens (including phenoxy) is 2. The summed E-state index contributed by atoms with van der Waals surface area (Å²) in [5.74, 6) is 3.37. The van der Waals surface area contributed by atoms with E-state index in [-0.39, 0.29) is 11.4 Å². The van der Waals surface area contributed by atoms with Gasteiger partial charge in [-0.2, -0.15) is 0 Å². The second-order valence-electron chi connectivity index (χ2n) is 9.31. The lowest BCUT2D eigenvalue weighted by molar-refractivity contribution is -0.160. The zero-order valence-electron chi connectivity index (χ0n) is 17.2. The Bertz CT molecular complexity index is 711. The number of nitrogens with zero attached hydrogens (tertiary/aromatic N) is 1. The van der Waals surface area contributed by atoms with Crippen LogP contribution in [0.25, 0.3) is 0 Å². The van der Waals surface area contributed by atoms with Crippen LogP contribution in [0.3, 0.4) is 0 Å². The lowest BCUT2D eigenvalue weighted by Gasteiger charge is -2.67. The van der Waals surface area contributed by atoms with Crippen molar-refractivity contribution in [2.75, 3.05) is 27.3 Å². The molecule has 3 aliphatic heterocycles. The van der Waals surface area contributed by atoms with Crippen LogP contribution < -0.4 is 14.8 Å². The highest BCUT2D eigenvalue weighted by atomic mass is 16.5. The van der Waals surface area contributed by atoms with Crippen molar-refractivity contribution in [3.05, 3.63) is 23.8 Å². The molecule has 27 heavy (non-hydrogen) atoms. The maximum absolute atomic E-state index is 12.9. The zero-order chi connectivity index (χ0) is 19.4. The third-order valence-electron chi connectivity index (χ3n) is 7.78. The first-order valence-corrected chi connectivity index (χ1v) is 10.0. The molecule has 3 heterocycles. The van der Waals surface area contributed by atoms with Crippen molar-refractivity contribution >= 4 is 5.91 Å². The fraction of sp³-hybridized carbons (Fsp3) is 0.682. The van der Waals surface area contributed by atoms with Crippen LogP contribution >= 0.6 is 0 Å². The second-order valence-corrected chi connectivity index (χ2v) is 9.31. The van der Waals surface area contributed by atoms with E-state index in [9.17, 15) is 4.79 Å². The summed E-state index contributed by atoms with van der Waals surface area (Å²) in [5, 5.41) is 3.44. The molecule has 5 rings (SSSR count). The third kappa shape index (κ3) is 2.91. The van der Waals surface area contributed by atoms with Crippen LogP contribution in [0.15, 0.2) is 18.2 Å². The maximum atomic E-state index is 12.9. The van der Waals surface area contributed by atoms with Gasteiger partial charge in [-0.15, -0.1) is 0 Å². The van der Waals surface area contributed by atoms with E-state index >= 15 is 0 Å². The minimum absolute atomic E-state index is 0.0858. The molecular weight excluding hydrogens is 340 g/mol. The topological polar surface area (TPSA) is 50.8 Å². The Morgan fingerprint density at radius 3 is 2.33 bits per heavy atom. The molecule has 1 amide bonds. The number of nitrogens with one attached hydrogen (secondary N) is 1. The second kappa shape index (κ2) is 6.40. The minimum atomic E-state index is -0.0969. The highest BCUT2D eigenvalue weighted by Gasteiger charge is 2.60. The van der Waals surface area contributed by atoms with Gasteiger partial charge in [-0.05, 0) is 57.4 Å². The molecule has 4 bridgehead atoms. The predicted octanol–water partition coefficient (Wildman–Crippen LogP) is 2.87. The lowest BCUT2D eigenvalue weighted by atomic mass is 9.53. The van der Waals surface area contributed by atoms with Crippen LogP contribution in [0, 0.1) is 17.8 Å². The van der Waals surface area contributed by atoms with Gasteiger partial charge in [0.25, 0.3) is 0 Å². The molecule has 2 unspecified atom stereocenters. The number of carbonyl (C=O) groups excluding carboxylic acids is 1. The van der Waals surface area contributed by atoms with Crippen molar-refractivity contribution < 1.29 is 14.3 Å². The largest absolute Gasteiger partial charge is 0.497 e. The van der Waals surface area contributed by atoms with Crippen molar-refractivity contribution in [3.63, 3.8) is 0 Å². The molecule has 2 atom stereocenters. The Labute approximate surface area is 162 Å². The smallest absolute Gasteiger partial charge is 0.225 e. The quantitative estimate of drug-likeness (QED) is 0.864. The summed E-state index contributed by atoms with van der Waals surface area (Å²) in [6.45, 7) is 9.26. The van der Waals surface area contributed by atoms with Crippen LogP contribution in [-0.4, -0.2) is 49.2 Å². The Balaban J connectivity index is 1.48. The molecule has 1 saturated carbocycles. The number of benzene rings is 1. The molecule has 1 aliphatic carbocycles. The first-order chi connectivity index (χ1) is 12.8. The molecule has 1 N–H and O–H groups in total. The van der Waals surface area contributed by atoms with E-state index in [1.807, 2.05) is 18.2 Å². The normalized spacial score (nSPS) is 35.7. The first kappa shape index (κ1) is 18.6. The van der Waals surface area contributed by atoms with Gasteiger partial charge in [-0.3, -0.25) is 9.69 Å². The molecule has 5 heteroatoms. The molecule has 4 fully saturated rings. The standard InChI is InChI=1S/C22H32N2O3/c1-21(2)15-9-16-12-24(21)13-17(10-15)22(16,3)23-20(25)8-14-6-7-18(26-4)11-19(14)27-5/h6-7,11,15-17H,8-10,12-13H2,1-5H3,(H,23,25). The van der Waals surface area contributed by atoms with Crippen LogP contribution in [0.2, 0.25) is 0 Å². The van der Waals surface area contributed by atoms with E-state index in [1.54, 1.807) is 14.2 Å². The Morgan fingerprint density at radius 2 is 1.78 bits per heavy atom. The van der Waals surface area contributed by atoms with Gasteiger partial charge < -0.3 is 14.8 Å². The number of carbonyl (C=O) groups is 1. The van der Waals surface area contributed by atoms with E-state index in [4.69, 9.17) is 9.47 Å². The molecule has 3 saturated heterocycles. The van der Waals surface area contributed by atoms with Crippen LogP contribution in [0.4, 0.5) is 0 Å². The fourth-order valence-electron chi connectivity index (χ4n) is 5.77. The van der Waals surface area contributed by atoms with Gasteiger partial charge in [0.1, 0.15) is 11.5 Å². The van der Waals surface area contributed by atoms with Crippen molar-refractivity contribution in [1.29, 1.82) is 0 Å². The number of rotatable bonds is 5. The summed E-state index contributed by atoms with van der Waals surface area (Å²) < 4.78 is 10.7. The van der Waals surface area contributed by atoms with E-state index in [0.29, 0.717) is 29.5 Å². The summed E-state index contributed by atoms with van der Waals surface area (Å²) in [7, 11) is 3.26. The van der Waals surface area contributed by atoms with Gasteiger partial charge >= 0.3 is 0 Å². The number of amides is 1. The number of hydrogen-bond acceptors (Lipinski definition) is 4. The average molecular weight is 373 g/mol. The lowest BCUT2D eigenvalue weighted by Crippen LogP contribution is -2.75. The molecule has 1 aromatic carbocycles. The Morgan fingerprint density at radius 1 is 1.11 bits per heavy atom. The van der Waals surface area contributed by atoms with Gasteiger partial charge in [0.05, 0.1) is 20.6 Å². The van der Waals surface area contributed by atoms with Crippen molar-refractivity contribution in [3.8, 4) is 11.5 Å². The molecule has 5 nitrogen and oxygen atoms in total. The molecular formula is C22H32N2O3. The maximum Gasteiger partial charge on any atom is 0.225 e. The minimum Gasteiger partial charge on any atom is -0.497 e. The van der Waals surface area contributed by atoms with E-state index in [2.05, 4.69) is 31.0 Å².